The number of halogens is 1. The second kappa shape index (κ2) is 7.35. The number of urea groups is 1. The first-order chi connectivity index (χ1) is 12.5. The third-order valence-electron chi connectivity index (χ3n) is 4.19. The Morgan fingerprint density at radius 1 is 1.08 bits per heavy atom. The van der Waals surface area contributed by atoms with Gasteiger partial charge in [0.25, 0.3) is 5.91 Å². The van der Waals surface area contributed by atoms with Gasteiger partial charge in [-0.1, -0.05) is 30.3 Å². The fraction of sp³-hybridized carbons (Fsp3) is 0.211. The van der Waals surface area contributed by atoms with Crippen LogP contribution in [0.15, 0.2) is 54.6 Å². The number of para-hydroxylation sites is 1. The van der Waals surface area contributed by atoms with Crippen LogP contribution in [0.2, 0.25) is 0 Å². The smallest absolute Gasteiger partial charge is 0.332 e. The highest BCUT2D eigenvalue weighted by Gasteiger charge is 2.43. The van der Waals surface area contributed by atoms with E-state index in [1.54, 1.807) is 43.3 Å². The summed E-state index contributed by atoms with van der Waals surface area (Å²) in [6.45, 7) is 1.46. The number of benzene rings is 2. The summed E-state index contributed by atoms with van der Waals surface area (Å²) in [4.78, 5) is 39.4. The highest BCUT2D eigenvalue weighted by Crippen LogP contribution is 2.25. The molecule has 134 valence electrons. The van der Waals surface area contributed by atoms with E-state index in [-0.39, 0.29) is 18.9 Å². The summed E-state index contributed by atoms with van der Waals surface area (Å²) >= 11 is 0. The van der Waals surface area contributed by atoms with Gasteiger partial charge in [0.2, 0.25) is 5.91 Å². The number of nitrogens with zero attached hydrogens (tertiary/aromatic N) is 2. The van der Waals surface area contributed by atoms with E-state index in [0.717, 1.165) is 10.5 Å². The minimum atomic E-state index is -0.671. The normalized spacial score (nSPS) is 16.9. The van der Waals surface area contributed by atoms with Crippen molar-refractivity contribution in [2.45, 2.75) is 19.5 Å². The summed E-state index contributed by atoms with van der Waals surface area (Å²) in [5.74, 6) is -1.24. The molecule has 1 atom stereocenters. The maximum Gasteiger partial charge on any atom is 0.332 e. The summed E-state index contributed by atoms with van der Waals surface area (Å²) < 4.78 is 12.9. The van der Waals surface area contributed by atoms with Crippen LogP contribution in [0.3, 0.4) is 0 Å². The number of anilines is 1. The van der Waals surface area contributed by atoms with Crippen LogP contribution in [0.25, 0.3) is 0 Å². The lowest BCUT2D eigenvalue weighted by molar-refractivity contribution is -0.131. The molecule has 1 aliphatic heterocycles. The monoisotopic (exact) mass is 355 g/mol. The Balaban J connectivity index is 1.63. The molecular formula is C19H18FN3O3. The molecule has 2 aromatic carbocycles. The summed E-state index contributed by atoms with van der Waals surface area (Å²) in [7, 11) is 0. The Morgan fingerprint density at radius 3 is 2.38 bits per heavy atom. The molecule has 26 heavy (non-hydrogen) atoms. The van der Waals surface area contributed by atoms with E-state index in [9.17, 15) is 18.8 Å². The van der Waals surface area contributed by atoms with Crippen molar-refractivity contribution in [3.8, 4) is 0 Å². The van der Waals surface area contributed by atoms with Gasteiger partial charge in [0.05, 0.1) is 0 Å². The third-order valence-corrected chi connectivity index (χ3v) is 4.19. The van der Waals surface area contributed by atoms with Crippen LogP contribution in [-0.4, -0.2) is 35.3 Å². The minimum Gasteiger partial charge on any atom is -0.350 e. The molecule has 0 unspecified atom stereocenters. The maximum atomic E-state index is 12.9. The molecule has 0 saturated carbocycles. The van der Waals surface area contributed by atoms with Crippen LogP contribution in [0, 0.1) is 5.82 Å². The molecule has 0 aromatic heterocycles. The number of carbonyl (C=O) groups is 3. The minimum absolute atomic E-state index is 0.188. The predicted octanol–water partition coefficient (Wildman–Crippen LogP) is 2.30. The molecule has 7 heteroatoms. The number of hydrogen-bond acceptors (Lipinski definition) is 3. The molecule has 4 amide bonds. The first kappa shape index (κ1) is 17.6. The van der Waals surface area contributed by atoms with Crippen LogP contribution in [0.5, 0.6) is 0 Å². The first-order valence-electron chi connectivity index (χ1n) is 8.18. The molecule has 0 spiro atoms. The highest BCUT2D eigenvalue weighted by atomic mass is 19.1. The summed E-state index contributed by atoms with van der Waals surface area (Å²) in [5.41, 5.74) is 1.32. The Bertz CT molecular complexity index is 824. The molecule has 0 bridgehead atoms. The van der Waals surface area contributed by atoms with Crippen LogP contribution >= 0.6 is 0 Å². The van der Waals surface area contributed by atoms with Gasteiger partial charge < -0.3 is 5.32 Å². The molecule has 1 saturated heterocycles. The quantitative estimate of drug-likeness (QED) is 0.837. The standard InChI is InChI=1S/C19H18FN3O3/c1-13-18(25)22(19(26)23(13)16-5-3-2-4-6-16)12-17(24)21-11-14-7-9-15(20)10-8-14/h2-10,13H,11-12H2,1H3,(H,21,24)/t13-/m0/s1. The van der Waals surface area contributed by atoms with Crippen LogP contribution in [-0.2, 0) is 16.1 Å². The third kappa shape index (κ3) is 3.56. The Hall–Kier alpha value is -3.22. The number of carbonyl (C=O) groups excluding carboxylic acids is 3. The molecule has 1 aliphatic rings. The zero-order valence-electron chi connectivity index (χ0n) is 14.2. The van der Waals surface area contributed by atoms with Crippen LogP contribution < -0.4 is 10.2 Å². The van der Waals surface area contributed by atoms with E-state index in [1.165, 1.54) is 17.0 Å². The molecular weight excluding hydrogens is 337 g/mol. The van der Waals surface area contributed by atoms with Crippen molar-refractivity contribution >= 4 is 23.5 Å². The highest BCUT2D eigenvalue weighted by molar-refractivity contribution is 6.15. The number of rotatable bonds is 5. The lowest BCUT2D eigenvalue weighted by atomic mass is 10.2. The Morgan fingerprint density at radius 2 is 1.73 bits per heavy atom. The molecule has 2 aromatic rings. The molecule has 1 N–H and O–H groups in total. The fourth-order valence-corrected chi connectivity index (χ4v) is 2.80. The second-order valence-electron chi connectivity index (χ2n) is 5.99. The lowest BCUT2D eigenvalue weighted by Gasteiger charge is -2.19. The second-order valence-corrected chi connectivity index (χ2v) is 5.99. The number of imide groups is 1. The first-order valence-corrected chi connectivity index (χ1v) is 8.18. The number of amides is 4. The average Bonchev–Trinajstić information content (AvgIpc) is 2.85. The molecule has 0 radical (unpaired) electrons. The van der Waals surface area contributed by atoms with Crippen molar-refractivity contribution in [3.63, 3.8) is 0 Å². The van der Waals surface area contributed by atoms with Gasteiger partial charge in [-0.3, -0.25) is 19.4 Å². The SMILES string of the molecule is C[C@H]1C(=O)N(CC(=O)NCc2ccc(F)cc2)C(=O)N1c1ccccc1. The van der Waals surface area contributed by atoms with E-state index < -0.39 is 23.9 Å². The van der Waals surface area contributed by atoms with Gasteiger partial charge in [-0.25, -0.2) is 9.18 Å². The largest absolute Gasteiger partial charge is 0.350 e. The zero-order chi connectivity index (χ0) is 18.7. The van der Waals surface area contributed by atoms with E-state index in [2.05, 4.69) is 5.32 Å². The van der Waals surface area contributed by atoms with Gasteiger partial charge in [0.1, 0.15) is 18.4 Å². The summed E-state index contributed by atoms with van der Waals surface area (Å²) in [5, 5.41) is 2.63. The van der Waals surface area contributed by atoms with E-state index in [0.29, 0.717) is 5.69 Å². The van der Waals surface area contributed by atoms with Crippen molar-refractivity contribution < 1.29 is 18.8 Å². The zero-order valence-corrected chi connectivity index (χ0v) is 14.2. The van der Waals surface area contributed by atoms with Gasteiger partial charge in [-0.2, -0.15) is 0 Å². The number of hydrogen-bond donors (Lipinski definition) is 1. The molecule has 1 heterocycles. The van der Waals surface area contributed by atoms with Gasteiger partial charge in [-0.05, 0) is 36.8 Å². The van der Waals surface area contributed by atoms with Crippen molar-refractivity contribution in [2.75, 3.05) is 11.4 Å². The van der Waals surface area contributed by atoms with Crippen LogP contribution in [0.4, 0.5) is 14.9 Å². The van der Waals surface area contributed by atoms with Gasteiger partial charge in [0.15, 0.2) is 0 Å². The van der Waals surface area contributed by atoms with E-state index >= 15 is 0 Å². The van der Waals surface area contributed by atoms with E-state index in [4.69, 9.17) is 0 Å². The summed E-state index contributed by atoms with van der Waals surface area (Å²) in [6, 6.07) is 13.4. The van der Waals surface area contributed by atoms with Crippen molar-refractivity contribution in [1.29, 1.82) is 0 Å². The Kier molecular flexibility index (Phi) is 4.97. The van der Waals surface area contributed by atoms with Gasteiger partial charge in [0, 0.05) is 12.2 Å². The molecule has 0 aliphatic carbocycles. The van der Waals surface area contributed by atoms with Crippen molar-refractivity contribution in [1.82, 2.24) is 10.2 Å². The maximum absolute atomic E-state index is 12.9. The predicted molar refractivity (Wildman–Crippen MR) is 93.7 cm³/mol. The Labute approximate surface area is 150 Å². The average molecular weight is 355 g/mol. The van der Waals surface area contributed by atoms with Gasteiger partial charge >= 0.3 is 6.03 Å². The van der Waals surface area contributed by atoms with Crippen molar-refractivity contribution in [2.24, 2.45) is 0 Å². The lowest BCUT2D eigenvalue weighted by Crippen LogP contribution is -2.41. The number of nitrogens with one attached hydrogen (secondary N) is 1. The topological polar surface area (TPSA) is 69.7 Å². The van der Waals surface area contributed by atoms with Crippen LogP contribution in [0.1, 0.15) is 12.5 Å². The van der Waals surface area contributed by atoms with E-state index in [1.807, 2.05) is 6.07 Å². The fourth-order valence-electron chi connectivity index (χ4n) is 2.80. The summed E-state index contributed by atoms with van der Waals surface area (Å²) in [6.07, 6.45) is 0. The van der Waals surface area contributed by atoms with Gasteiger partial charge in [-0.15, -0.1) is 0 Å². The molecule has 1 fully saturated rings. The molecule has 3 rings (SSSR count). The van der Waals surface area contributed by atoms with Crippen molar-refractivity contribution in [3.05, 3.63) is 66.0 Å². The molecule has 6 nitrogen and oxygen atoms in total.